The molecular weight excluding hydrogens is 390 g/mol. The quantitative estimate of drug-likeness (QED) is 0.380. The van der Waals surface area contributed by atoms with Crippen molar-refractivity contribution in [3.8, 4) is 5.69 Å². The number of nitrogens with zero attached hydrogens (tertiary/aromatic N) is 4. The van der Waals surface area contributed by atoms with Crippen molar-refractivity contribution >= 4 is 40.6 Å². The SMILES string of the molecule is Cc1c(NC(=O)CSc2nncn2-c2cccc(Cl)c2)cccc1[N+](=O)[O-]. The highest BCUT2D eigenvalue weighted by Gasteiger charge is 2.16. The maximum atomic E-state index is 12.3. The third kappa shape index (κ3) is 4.44. The van der Waals surface area contributed by atoms with E-state index in [1.54, 1.807) is 29.7 Å². The van der Waals surface area contributed by atoms with Gasteiger partial charge in [-0.3, -0.25) is 19.5 Å². The number of halogens is 1. The number of nitrogens with one attached hydrogen (secondary N) is 1. The van der Waals surface area contributed by atoms with Crippen LogP contribution in [0.5, 0.6) is 0 Å². The zero-order valence-corrected chi connectivity index (χ0v) is 15.7. The lowest BCUT2D eigenvalue weighted by Gasteiger charge is -2.09. The number of anilines is 1. The van der Waals surface area contributed by atoms with Crippen LogP contribution in [0.15, 0.2) is 53.9 Å². The van der Waals surface area contributed by atoms with E-state index in [-0.39, 0.29) is 17.3 Å². The standard InChI is InChI=1S/C17H14ClN5O3S/c1-11-14(6-3-7-15(11)23(25)26)20-16(24)9-27-17-21-19-10-22(17)13-5-2-4-12(18)8-13/h2-8,10H,9H2,1H3,(H,20,24). The van der Waals surface area contributed by atoms with Crippen LogP contribution < -0.4 is 5.32 Å². The number of amides is 1. The number of carbonyl (C=O) groups is 1. The highest BCUT2D eigenvalue weighted by Crippen LogP contribution is 2.26. The molecule has 8 nitrogen and oxygen atoms in total. The van der Waals surface area contributed by atoms with Gasteiger partial charge in [-0.25, -0.2) is 0 Å². The van der Waals surface area contributed by atoms with E-state index in [0.717, 1.165) is 5.69 Å². The normalized spacial score (nSPS) is 10.6. The summed E-state index contributed by atoms with van der Waals surface area (Å²) in [6.45, 7) is 1.59. The van der Waals surface area contributed by atoms with Crippen molar-refractivity contribution < 1.29 is 9.72 Å². The Labute approximate surface area is 163 Å². The number of nitro benzene ring substituents is 1. The van der Waals surface area contributed by atoms with Gasteiger partial charge in [0.2, 0.25) is 5.91 Å². The summed E-state index contributed by atoms with van der Waals surface area (Å²) < 4.78 is 1.72. The van der Waals surface area contributed by atoms with Gasteiger partial charge in [0, 0.05) is 11.1 Å². The Balaban J connectivity index is 1.69. The van der Waals surface area contributed by atoms with Gasteiger partial charge in [0.25, 0.3) is 5.69 Å². The third-order valence-corrected chi connectivity index (χ3v) is 4.89. The molecule has 0 spiro atoms. The second kappa shape index (κ2) is 8.19. The molecule has 0 fully saturated rings. The molecule has 27 heavy (non-hydrogen) atoms. The Hall–Kier alpha value is -2.91. The summed E-state index contributed by atoms with van der Waals surface area (Å²) in [5.74, 6) is -0.231. The Kier molecular flexibility index (Phi) is 5.72. The van der Waals surface area contributed by atoms with Gasteiger partial charge in [0.05, 0.1) is 27.6 Å². The molecule has 0 radical (unpaired) electrons. The number of hydrogen-bond donors (Lipinski definition) is 1. The lowest BCUT2D eigenvalue weighted by atomic mass is 10.1. The molecule has 0 aliphatic heterocycles. The fraction of sp³-hybridized carbons (Fsp3) is 0.118. The Morgan fingerprint density at radius 2 is 2.11 bits per heavy atom. The van der Waals surface area contributed by atoms with Crippen molar-refractivity contribution in [2.45, 2.75) is 12.1 Å². The van der Waals surface area contributed by atoms with Gasteiger partial charge >= 0.3 is 0 Å². The van der Waals surface area contributed by atoms with Crippen LogP contribution in [0, 0.1) is 17.0 Å². The predicted molar refractivity (Wildman–Crippen MR) is 104 cm³/mol. The monoisotopic (exact) mass is 403 g/mol. The van der Waals surface area contributed by atoms with Crippen LogP contribution in [0.25, 0.3) is 5.69 Å². The zero-order chi connectivity index (χ0) is 19.4. The van der Waals surface area contributed by atoms with E-state index in [4.69, 9.17) is 11.6 Å². The van der Waals surface area contributed by atoms with Crippen molar-refractivity contribution in [1.82, 2.24) is 14.8 Å². The molecule has 3 aromatic rings. The average molecular weight is 404 g/mol. The van der Waals surface area contributed by atoms with E-state index >= 15 is 0 Å². The van der Waals surface area contributed by atoms with E-state index in [0.29, 0.717) is 21.4 Å². The smallest absolute Gasteiger partial charge is 0.274 e. The van der Waals surface area contributed by atoms with Crippen molar-refractivity contribution in [2.24, 2.45) is 0 Å². The van der Waals surface area contributed by atoms with Crippen molar-refractivity contribution in [3.05, 3.63) is 69.5 Å². The Morgan fingerprint density at radius 1 is 1.33 bits per heavy atom. The van der Waals surface area contributed by atoms with Crippen LogP contribution in [0.2, 0.25) is 5.02 Å². The second-order valence-electron chi connectivity index (χ2n) is 5.51. The maximum absolute atomic E-state index is 12.3. The van der Waals surface area contributed by atoms with Crippen molar-refractivity contribution in [3.63, 3.8) is 0 Å². The highest BCUT2D eigenvalue weighted by atomic mass is 35.5. The largest absolute Gasteiger partial charge is 0.325 e. The summed E-state index contributed by atoms with van der Waals surface area (Å²) in [7, 11) is 0. The Bertz CT molecular complexity index is 1010. The molecule has 0 saturated heterocycles. The molecule has 138 valence electrons. The van der Waals surface area contributed by atoms with E-state index in [9.17, 15) is 14.9 Å². The third-order valence-electron chi connectivity index (χ3n) is 3.71. The van der Waals surface area contributed by atoms with Gasteiger partial charge in [-0.1, -0.05) is 35.5 Å². The molecule has 0 saturated carbocycles. The van der Waals surface area contributed by atoms with Crippen LogP contribution in [0.3, 0.4) is 0 Å². The number of aromatic nitrogens is 3. The molecule has 3 rings (SSSR count). The first-order chi connectivity index (χ1) is 13.0. The number of benzene rings is 2. The van der Waals surface area contributed by atoms with E-state index in [2.05, 4.69) is 15.5 Å². The van der Waals surface area contributed by atoms with Gasteiger partial charge in [-0.2, -0.15) is 0 Å². The summed E-state index contributed by atoms with van der Waals surface area (Å²) in [5, 5.41) is 22.7. The minimum Gasteiger partial charge on any atom is -0.325 e. The molecule has 1 heterocycles. The van der Waals surface area contributed by atoms with Crippen LogP contribution >= 0.6 is 23.4 Å². The number of thioether (sulfide) groups is 1. The summed E-state index contributed by atoms with van der Waals surface area (Å²) in [6, 6.07) is 11.7. The lowest BCUT2D eigenvalue weighted by molar-refractivity contribution is -0.385. The summed E-state index contributed by atoms with van der Waals surface area (Å²) in [6.07, 6.45) is 1.54. The first-order valence-electron chi connectivity index (χ1n) is 7.78. The molecule has 2 aromatic carbocycles. The molecule has 0 bridgehead atoms. The molecule has 0 aliphatic carbocycles. The number of rotatable bonds is 6. The molecule has 0 aliphatic rings. The van der Waals surface area contributed by atoms with E-state index in [1.165, 1.54) is 30.2 Å². The van der Waals surface area contributed by atoms with Crippen molar-refractivity contribution in [2.75, 3.05) is 11.1 Å². The molecule has 0 unspecified atom stereocenters. The first-order valence-corrected chi connectivity index (χ1v) is 9.14. The van der Waals surface area contributed by atoms with Crippen LogP contribution in [-0.4, -0.2) is 31.3 Å². The molecular formula is C17H14ClN5O3S. The summed E-state index contributed by atoms with van der Waals surface area (Å²) in [5.41, 5.74) is 1.56. The molecule has 10 heteroatoms. The van der Waals surface area contributed by atoms with Crippen molar-refractivity contribution in [1.29, 1.82) is 0 Å². The minimum absolute atomic E-state index is 0.0406. The van der Waals surface area contributed by atoms with E-state index < -0.39 is 4.92 Å². The maximum Gasteiger partial charge on any atom is 0.274 e. The topological polar surface area (TPSA) is 103 Å². The summed E-state index contributed by atoms with van der Waals surface area (Å²) >= 11 is 7.21. The lowest BCUT2D eigenvalue weighted by Crippen LogP contribution is -2.15. The zero-order valence-electron chi connectivity index (χ0n) is 14.1. The minimum atomic E-state index is -0.479. The fourth-order valence-electron chi connectivity index (χ4n) is 2.40. The van der Waals surface area contributed by atoms with Gasteiger partial charge in [0.15, 0.2) is 5.16 Å². The first kappa shape index (κ1) is 18.9. The number of carbonyl (C=O) groups excluding carboxylic acids is 1. The van der Waals surface area contributed by atoms with E-state index in [1.807, 2.05) is 12.1 Å². The molecule has 1 N–H and O–H groups in total. The molecule has 0 atom stereocenters. The fourth-order valence-corrected chi connectivity index (χ4v) is 3.31. The second-order valence-corrected chi connectivity index (χ2v) is 6.89. The van der Waals surface area contributed by atoms with Crippen LogP contribution in [0.4, 0.5) is 11.4 Å². The Morgan fingerprint density at radius 3 is 2.85 bits per heavy atom. The van der Waals surface area contributed by atoms with Gasteiger partial charge < -0.3 is 5.32 Å². The predicted octanol–water partition coefficient (Wildman–Crippen LogP) is 3.87. The molecule has 1 aromatic heterocycles. The summed E-state index contributed by atoms with van der Waals surface area (Å²) in [4.78, 5) is 22.8. The number of nitro groups is 1. The van der Waals surface area contributed by atoms with Gasteiger partial charge in [0.1, 0.15) is 6.33 Å². The van der Waals surface area contributed by atoms with Crippen LogP contribution in [-0.2, 0) is 4.79 Å². The van der Waals surface area contributed by atoms with Gasteiger partial charge in [-0.15, -0.1) is 10.2 Å². The van der Waals surface area contributed by atoms with Crippen LogP contribution in [0.1, 0.15) is 5.56 Å². The molecule has 1 amide bonds. The average Bonchev–Trinajstić information content (AvgIpc) is 3.10. The number of hydrogen-bond acceptors (Lipinski definition) is 6. The van der Waals surface area contributed by atoms with Gasteiger partial charge in [-0.05, 0) is 31.2 Å². The highest BCUT2D eigenvalue weighted by molar-refractivity contribution is 7.99.